The number of carboxylic acids is 2. The standard InChI is InChI=1S/C25H32ClN5O2.2C2HF3O2/c1-29-13-11-22(12-14-29)30-15-17-31(18-16-30)24(32)23(19-5-3-2-4-6-19)28-25(33)27-21-9-7-20(26)8-10-21;2*3-2(4,5)1(6)7/h2-10,22-23H,11-18H2,1H3,(H2,27,28,33);2*(H,6,7)/t23-;;/m1../s1. The van der Waals surface area contributed by atoms with Crippen LogP contribution >= 0.6 is 11.6 Å². The quantitative estimate of drug-likeness (QED) is 0.330. The fraction of sp³-hybridized carbons (Fsp3) is 0.448. The largest absolute Gasteiger partial charge is 0.490 e. The highest BCUT2D eigenvalue weighted by Gasteiger charge is 2.39. The third-order valence-corrected chi connectivity index (χ3v) is 7.32. The van der Waals surface area contributed by atoms with Crippen molar-refractivity contribution >= 4 is 41.2 Å². The van der Waals surface area contributed by atoms with Gasteiger partial charge in [0.1, 0.15) is 6.04 Å². The highest BCUT2D eigenvalue weighted by atomic mass is 35.5. The topological polar surface area (TPSA) is 143 Å². The van der Waals surface area contributed by atoms with Crippen LogP contribution in [-0.4, -0.2) is 114 Å². The van der Waals surface area contributed by atoms with E-state index in [1.165, 1.54) is 12.8 Å². The molecule has 2 aliphatic heterocycles. The van der Waals surface area contributed by atoms with E-state index in [1.54, 1.807) is 24.3 Å². The zero-order chi connectivity index (χ0) is 35.4. The van der Waals surface area contributed by atoms with Crippen molar-refractivity contribution in [2.45, 2.75) is 37.3 Å². The Bertz CT molecular complexity index is 1290. The summed E-state index contributed by atoms with van der Waals surface area (Å²) < 4.78 is 63.5. The van der Waals surface area contributed by atoms with Crippen molar-refractivity contribution in [1.82, 2.24) is 20.0 Å². The Labute approximate surface area is 271 Å². The molecule has 0 saturated carbocycles. The lowest BCUT2D eigenvalue weighted by molar-refractivity contribution is -0.193. The van der Waals surface area contributed by atoms with Gasteiger partial charge in [0.2, 0.25) is 5.91 Å². The summed E-state index contributed by atoms with van der Waals surface area (Å²) in [5.41, 5.74) is 1.38. The van der Waals surface area contributed by atoms with E-state index in [1.807, 2.05) is 35.2 Å². The number of halogens is 7. The van der Waals surface area contributed by atoms with Gasteiger partial charge in [0.05, 0.1) is 0 Å². The molecule has 0 aliphatic carbocycles. The summed E-state index contributed by atoms with van der Waals surface area (Å²) in [5, 5.41) is 20.5. The molecule has 18 heteroatoms. The maximum absolute atomic E-state index is 13.5. The van der Waals surface area contributed by atoms with E-state index in [4.69, 9.17) is 31.4 Å². The molecule has 3 amide bonds. The van der Waals surface area contributed by atoms with Gasteiger partial charge >= 0.3 is 30.3 Å². The number of carbonyl (C=O) groups excluding carboxylic acids is 2. The molecule has 47 heavy (non-hydrogen) atoms. The number of benzene rings is 2. The number of aliphatic carboxylic acids is 2. The van der Waals surface area contributed by atoms with Crippen molar-refractivity contribution < 1.29 is 55.7 Å². The molecule has 0 radical (unpaired) electrons. The predicted octanol–water partition coefficient (Wildman–Crippen LogP) is 4.71. The van der Waals surface area contributed by atoms with Crippen molar-refractivity contribution in [3.63, 3.8) is 0 Å². The summed E-state index contributed by atoms with van der Waals surface area (Å²) in [7, 11) is 2.17. The van der Waals surface area contributed by atoms with Gasteiger partial charge in [-0.2, -0.15) is 26.3 Å². The molecule has 2 aliphatic rings. The van der Waals surface area contributed by atoms with Crippen molar-refractivity contribution in [2.75, 3.05) is 51.6 Å². The number of nitrogens with zero attached hydrogens (tertiary/aromatic N) is 3. The third-order valence-electron chi connectivity index (χ3n) is 7.07. The van der Waals surface area contributed by atoms with Crippen LogP contribution in [0.1, 0.15) is 24.4 Å². The molecule has 2 heterocycles. The van der Waals surface area contributed by atoms with Crippen LogP contribution in [0.2, 0.25) is 5.02 Å². The second-order valence-corrected chi connectivity index (χ2v) is 10.9. The van der Waals surface area contributed by atoms with Gasteiger partial charge in [0.25, 0.3) is 0 Å². The molecule has 2 fully saturated rings. The van der Waals surface area contributed by atoms with Gasteiger partial charge in [0.15, 0.2) is 0 Å². The van der Waals surface area contributed by atoms with Crippen molar-refractivity contribution in [2.24, 2.45) is 0 Å². The number of hydrogen-bond donors (Lipinski definition) is 4. The first-order chi connectivity index (χ1) is 21.9. The number of amides is 3. The Kier molecular flexibility index (Phi) is 14.7. The van der Waals surface area contributed by atoms with E-state index in [2.05, 4.69) is 27.5 Å². The molecular formula is C29H34ClF6N5O6. The van der Waals surface area contributed by atoms with E-state index in [0.717, 1.165) is 31.7 Å². The van der Waals surface area contributed by atoms with Crippen LogP contribution in [0.3, 0.4) is 0 Å². The molecule has 11 nitrogen and oxygen atoms in total. The lowest BCUT2D eigenvalue weighted by Crippen LogP contribution is -2.56. The number of nitrogens with one attached hydrogen (secondary N) is 2. The van der Waals surface area contributed by atoms with E-state index in [9.17, 15) is 35.9 Å². The number of anilines is 1. The van der Waals surface area contributed by atoms with Crippen molar-refractivity contribution in [3.05, 3.63) is 65.2 Å². The number of urea groups is 1. The normalized spacial score (nSPS) is 16.8. The lowest BCUT2D eigenvalue weighted by atomic mass is 10.0. The Morgan fingerprint density at radius 1 is 0.787 bits per heavy atom. The van der Waals surface area contributed by atoms with Gasteiger partial charge < -0.3 is 30.6 Å². The first-order valence-electron chi connectivity index (χ1n) is 14.1. The highest BCUT2D eigenvalue weighted by molar-refractivity contribution is 6.30. The Morgan fingerprint density at radius 3 is 1.70 bits per heavy atom. The molecule has 0 unspecified atom stereocenters. The fourth-order valence-electron chi connectivity index (χ4n) is 4.61. The van der Waals surface area contributed by atoms with E-state index < -0.39 is 36.4 Å². The van der Waals surface area contributed by atoms with Crippen LogP contribution in [-0.2, 0) is 14.4 Å². The number of alkyl halides is 6. The Morgan fingerprint density at radius 2 is 1.26 bits per heavy atom. The average Bonchev–Trinajstić information content (AvgIpc) is 3.01. The summed E-state index contributed by atoms with van der Waals surface area (Å²) >= 11 is 5.92. The summed E-state index contributed by atoms with van der Waals surface area (Å²) in [6.45, 7) is 5.36. The van der Waals surface area contributed by atoms with Crippen LogP contribution in [0.5, 0.6) is 0 Å². The second kappa shape index (κ2) is 17.7. The van der Waals surface area contributed by atoms with Crippen LogP contribution in [0.4, 0.5) is 36.8 Å². The van der Waals surface area contributed by atoms with Gasteiger partial charge in [-0.3, -0.25) is 9.69 Å². The molecule has 4 rings (SSSR count). The Balaban J connectivity index is 0.000000459. The zero-order valence-corrected chi connectivity index (χ0v) is 25.8. The highest BCUT2D eigenvalue weighted by Crippen LogP contribution is 2.22. The van der Waals surface area contributed by atoms with Crippen LogP contribution in [0.15, 0.2) is 54.6 Å². The number of piperidine rings is 1. The molecule has 0 bridgehead atoms. The maximum atomic E-state index is 13.5. The van der Waals surface area contributed by atoms with Crippen molar-refractivity contribution in [1.29, 1.82) is 0 Å². The predicted molar refractivity (Wildman–Crippen MR) is 159 cm³/mol. The summed E-state index contributed by atoms with van der Waals surface area (Å²) in [4.78, 5) is 50.8. The van der Waals surface area contributed by atoms with Gasteiger partial charge in [0, 0.05) is 42.9 Å². The van der Waals surface area contributed by atoms with Gasteiger partial charge in [-0.15, -0.1) is 0 Å². The second-order valence-electron chi connectivity index (χ2n) is 10.5. The summed E-state index contributed by atoms with van der Waals surface area (Å²) in [6.07, 6.45) is -7.80. The van der Waals surface area contributed by atoms with Crippen LogP contribution in [0, 0.1) is 0 Å². The molecule has 0 aromatic heterocycles. The SMILES string of the molecule is CN1CCC(N2CCN(C(=O)[C@H](NC(=O)Nc3ccc(Cl)cc3)c3ccccc3)CC2)CC1.O=C(O)C(F)(F)F.O=C(O)C(F)(F)F. The van der Waals surface area contributed by atoms with Crippen LogP contribution in [0.25, 0.3) is 0 Å². The first-order valence-corrected chi connectivity index (χ1v) is 14.5. The van der Waals surface area contributed by atoms with Gasteiger partial charge in [-0.1, -0.05) is 41.9 Å². The average molecular weight is 698 g/mol. The van der Waals surface area contributed by atoms with E-state index >= 15 is 0 Å². The fourth-order valence-corrected chi connectivity index (χ4v) is 4.74. The number of likely N-dealkylation sites (tertiary alicyclic amines) is 1. The molecule has 1 atom stereocenters. The van der Waals surface area contributed by atoms with Gasteiger partial charge in [-0.25, -0.2) is 14.4 Å². The summed E-state index contributed by atoms with van der Waals surface area (Å²) in [5.74, 6) is -5.59. The van der Waals surface area contributed by atoms with Gasteiger partial charge in [-0.05, 0) is 62.8 Å². The molecule has 2 saturated heterocycles. The first kappa shape index (κ1) is 39.1. The number of rotatable bonds is 5. The smallest absolute Gasteiger partial charge is 0.475 e. The molecule has 2 aromatic rings. The molecule has 4 N–H and O–H groups in total. The number of piperazine rings is 1. The Hall–Kier alpha value is -4.09. The zero-order valence-electron chi connectivity index (χ0n) is 25.0. The maximum Gasteiger partial charge on any atom is 0.490 e. The number of hydrogen-bond acceptors (Lipinski definition) is 6. The summed E-state index contributed by atoms with van der Waals surface area (Å²) in [6, 6.07) is 15.7. The van der Waals surface area contributed by atoms with Crippen LogP contribution < -0.4 is 10.6 Å². The number of carboxylic acid groups (broad SMARTS) is 2. The van der Waals surface area contributed by atoms with E-state index in [0.29, 0.717) is 29.8 Å². The minimum atomic E-state index is -5.08. The monoisotopic (exact) mass is 697 g/mol. The number of carbonyl (C=O) groups is 4. The molecule has 2 aromatic carbocycles. The lowest BCUT2D eigenvalue weighted by Gasteiger charge is -2.42. The van der Waals surface area contributed by atoms with Crippen molar-refractivity contribution in [3.8, 4) is 0 Å². The molecule has 260 valence electrons. The molecular weight excluding hydrogens is 664 g/mol. The molecule has 0 spiro atoms. The minimum absolute atomic E-state index is 0.0736. The minimum Gasteiger partial charge on any atom is -0.475 e. The third kappa shape index (κ3) is 13.7. The van der Waals surface area contributed by atoms with E-state index in [-0.39, 0.29) is 5.91 Å².